The monoisotopic (exact) mass is 577 g/mol. The normalized spacial score (nSPS) is 15.0. The molecule has 3 amide bonds. The lowest BCUT2D eigenvalue weighted by molar-refractivity contribution is -0.128. The summed E-state index contributed by atoms with van der Waals surface area (Å²) in [6.45, 7) is 7.05. The Labute approximate surface area is 251 Å². The molecule has 2 N–H and O–H groups in total. The Morgan fingerprint density at radius 2 is 1.36 bits per heavy atom. The number of nitrogens with zero attached hydrogens (tertiary/aromatic N) is 1. The number of carbonyl (C=O) groups is 3. The fraction of sp³-hybridized carbons (Fsp3) is 0.229. The molecule has 1 aliphatic rings. The van der Waals surface area contributed by atoms with E-state index in [0.29, 0.717) is 34.8 Å². The van der Waals surface area contributed by atoms with E-state index in [1.807, 2.05) is 59.5 Å². The summed E-state index contributed by atoms with van der Waals surface area (Å²) in [5.41, 5.74) is 5.62. The number of benzene rings is 4. The maximum atomic E-state index is 13.0. The average molecular weight is 578 g/mol. The lowest BCUT2D eigenvalue weighted by Gasteiger charge is -2.24. The summed E-state index contributed by atoms with van der Waals surface area (Å²) in [7, 11) is 0. The Hall–Kier alpha value is -4.36. The van der Waals surface area contributed by atoms with Gasteiger partial charge < -0.3 is 15.5 Å². The van der Waals surface area contributed by atoms with Gasteiger partial charge in [-0.1, -0.05) is 81.4 Å². The molecular formula is C35H35N3O3S. The fourth-order valence-corrected chi connectivity index (χ4v) is 6.09. The molecule has 0 aromatic heterocycles. The van der Waals surface area contributed by atoms with Gasteiger partial charge in [-0.05, 0) is 71.0 Å². The molecule has 0 bridgehead atoms. The molecule has 0 saturated carbocycles. The zero-order valence-corrected chi connectivity index (χ0v) is 24.9. The molecule has 0 spiro atoms. The van der Waals surface area contributed by atoms with Gasteiger partial charge in [-0.2, -0.15) is 0 Å². The fourth-order valence-electron chi connectivity index (χ4n) is 4.87. The van der Waals surface area contributed by atoms with Gasteiger partial charge >= 0.3 is 0 Å². The van der Waals surface area contributed by atoms with Crippen LogP contribution in [0.3, 0.4) is 0 Å². The summed E-state index contributed by atoms with van der Waals surface area (Å²) < 4.78 is 0. The summed E-state index contributed by atoms with van der Waals surface area (Å²) in [5.74, 6) is 0.127. The van der Waals surface area contributed by atoms with E-state index in [1.165, 1.54) is 5.56 Å². The number of hydrogen-bond acceptors (Lipinski definition) is 4. The number of carbonyl (C=O) groups excluding carboxylic acids is 3. The first-order chi connectivity index (χ1) is 20.2. The van der Waals surface area contributed by atoms with E-state index >= 15 is 0 Å². The molecule has 0 radical (unpaired) electrons. The molecule has 0 unspecified atom stereocenters. The number of thioether (sulfide) groups is 1. The number of hydrogen-bond donors (Lipinski definition) is 2. The van der Waals surface area contributed by atoms with Crippen LogP contribution < -0.4 is 10.6 Å². The molecule has 0 aliphatic carbocycles. The maximum Gasteiger partial charge on any atom is 0.255 e. The Kier molecular flexibility index (Phi) is 8.78. The van der Waals surface area contributed by atoms with Gasteiger partial charge in [0, 0.05) is 29.0 Å². The van der Waals surface area contributed by atoms with Gasteiger partial charge in [0.2, 0.25) is 5.91 Å². The van der Waals surface area contributed by atoms with Crippen molar-refractivity contribution in [2.45, 2.75) is 38.0 Å². The van der Waals surface area contributed by atoms with Gasteiger partial charge in [0.15, 0.2) is 0 Å². The van der Waals surface area contributed by atoms with Crippen molar-refractivity contribution in [1.29, 1.82) is 0 Å². The number of nitrogens with one attached hydrogen (secondary N) is 2. The lowest BCUT2D eigenvalue weighted by atomic mass is 9.87. The molecular weight excluding hydrogens is 542 g/mol. The van der Waals surface area contributed by atoms with Crippen molar-refractivity contribution in [3.63, 3.8) is 0 Å². The average Bonchev–Trinajstić information content (AvgIpc) is 3.36. The van der Waals surface area contributed by atoms with Crippen molar-refractivity contribution >= 4 is 40.9 Å². The molecule has 1 saturated heterocycles. The minimum absolute atomic E-state index is 0.0131. The Balaban J connectivity index is 1.20. The van der Waals surface area contributed by atoms with Crippen LogP contribution in [-0.4, -0.2) is 34.9 Å². The van der Waals surface area contributed by atoms with E-state index in [9.17, 15) is 14.4 Å². The molecule has 5 rings (SSSR count). The topological polar surface area (TPSA) is 78.5 Å². The van der Waals surface area contributed by atoms with Gasteiger partial charge in [-0.25, -0.2) is 0 Å². The zero-order valence-electron chi connectivity index (χ0n) is 24.1. The molecule has 4 aromatic rings. The van der Waals surface area contributed by atoms with Gasteiger partial charge in [0.25, 0.3) is 11.8 Å². The van der Waals surface area contributed by atoms with Crippen LogP contribution in [0.1, 0.15) is 63.6 Å². The van der Waals surface area contributed by atoms with E-state index in [0.717, 1.165) is 17.5 Å². The van der Waals surface area contributed by atoms with Crippen LogP contribution in [0.2, 0.25) is 0 Å². The highest BCUT2D eigenvalue weighted by Gasteiger charge is 2.32. The molecule has 214 valence electrons. The van der Waals surface area contributed by atoms with Crippen LogP contribution in [0.15, 0.2) is 103 Å². The van der Waals surface area contributed by atoms with E-state index in [2.05, 4.69) is 43.5 Å². The van der Waals surface area contributed by atoms with Crippen LogP contribution in [0.5, 0.6) is 0 Å². The first kappa shape index (κ1) is 29.1. The molecule has 6 nitrogen and oxygen atoms in total. The van der Waals surface area contributed by atoms with E-state index in [4.69, 9.17) is 0 Å². The van der Waals surface area contributed by atoms with Crippen LogP contribution >= 0.6 is 11.8 Å². The summed E-state index contributed by atoms with van der Waals surface area (Å²) in [6, 6.07) is 32.3. The molecule has 1 atom stereocenters. The first-order valence-corrected chi connectivity index (χ1v) is 15.1. The second-order valence-electron chi connectivity index (χ2n) is 11.4. The third kappa shape index (κ3) is 7.09. The van der Waals surface area contributed by atoms with E-state index in [-0.39, 0.29) is 28.5 Å². The van der Waals surface area contributed by atoms with Crippen LogP contribution in [-0.2, 0) is 16.6 Å². The van der Waals surface area contributed by atoms with Gasteiger partial charge in [-0.3, -0.25) is 14.4 Å². The van der Waals surface area contributed by atoms with Crippen LogP contribution in [0.4, 0.5) is 11.4 Å². The largest absolute Gasteiger partial charge is 0.326 e. The van der Waals surface area contributed by atoms with Gasteiger partial charge in [0.05, 0.1) is 5.75 Å². The minimum Gasteiger partial charge on any atom is -0.326 e. The summed E-state index contributed by atoms with van der Waals surface area (Å²) in [6.07, 6.45) is 0.799. The summed E-state index contributed by atoms with van der Waals surface area (Å²) >= 11 is 1.61. The summed E-state index contributed by atoms with van der Waals surface area (Å²) in [4.78, 5) is 40.3. The number of amides is 3. The smallest absolute Gasteiger partial charge is 0.255 e. The lowest BCUT2D eigenvalue weighted by Crippen LogP contribution is -2.30. The second-order valence-corrected chi connectivity index (χ2v) is 12.5. The van der Waals surface area contributed by atoms with Gasteiger partial charge in [0.1, 0.15) is 5.37 Å². The van der Waals surface area contributed by atoms with E-state index < -0.39 is 0 Å². The highest BCUT2D eigenvalue weighted by Crippen LogP contribution is 2.38. The van der Waals surface area contributed by atoms with E-state index in [1.54, 1.807) is 48.2 Å². The summed E-state index contributed by atoms with van der Waals surface area (Å²) in [5, 5.41) is 5.76. The SMILES string of the molecule is CC(C)(C)c1ccc(C(=O)Nc2cccc(NC(=O)c3ccc([C@@H]4SCC(=O)N4CCc4ccccc4)cc3)c2)cc1. The third-order valence-corrected chi connectivity index (χ3v) is 8.56. The first-order valence-electron chi connectivity index (χ1n) is 14.1. The zero-order chi connectivity index (χ0) is 29.7. The standard InChI is InChI=1S/C35H35N3O3S/c1-35(2,3)28-18-16-26(17-19-28)33(41)37-30-11-7-10-29(22-30)36-32(40)25-12-14-27(15-13-25)34-38(31(39)23-42-34)21-20-24-8-5-4-6-9-24/h4-19,22,34H,20-21,23H2,1-3H3,(H,36,40)(H,37,41)/t34-/m0/s1. The molecule has 4 aromatic carbocycles. The van der Waals surface area contributed by atoms with Crippen molar-refractivity contribution in [2.75, 3.05) is 22.9 Å². The predicted octanol–water partition coefficient (Wildman–Crippen LogP) is 7.31. The van der Waals surface area contributed by atoms with Crippen molar-refractivity contribution < 1.29 is 14.4 Å². The van der Waals surface area contributed by atoms with Crippen molar-refractivity contribution in [3.05, 3.63) is 131 Å². The molecule has 1 aliphatic heterocycles. The van der Waals surface area contributed by atoms with Crippen LogP contribution in [0, 0.1) is 0 Å². The Bertz CT molecular complexity index is 1560. The van der Waals surface area contributed by atoms with Crippen molar-refractivity contribution in [2.24, 2.45) is 0 Å². The maximum absolute atomic E-state index is 13.0. The molecule has 7 heteroatoms. The Morgan fingerprint density at radius 1 is 0.786 bits per heavy atom. The number of anilines is 2. The van der Waals surface area contributed by atoms with Crippen LogP contribution in [0.25, 0.3) is 0 Å². The molecule has 42 heavy (non-hydrogen) atoms. The second kappa shape index (κ2) is 12.7. The minimum atomic E-state index is -0.251. The quantitative estimate of drug-likeness (QED) is 0.230. The van der Waals surface area contributed by atoms with Crippen molar-refractivity contribution in [3.8, 4) is 0 Å². The molecule has 1 fully saturated rings. The number of rotatable bonds is 8. The van der Waals surface area contributed by atoms with Gasteiger partial charge in [-0.15, -0.1) is 11.8 Å². The highest BCUT2D eigenvalue weighted by atomic mass is 32.2. The highest BCUT2D eigenvalue weighted by molar-refractivity contribution is 8.00. The Morgan fingerprint density at radius 3 is 1.93 bits per heavy atom. The third-order valence-electron chi connectivity index (χ3n) is 7.30. The predicted molar refractivity (Wildman–Crippen MR) is 171 cm³/mol. The van der Waals surface area contributed by atoms with Crippen molar-refractivity contribution in [1.82, 2.24) is 4.90 Å². The molecule has 1 heterocycles.